The first-order valence-electron chi connectivity index (χ1n) is 21.7. The van der Waals surface area contributed by atoms with E-state index in [9.17, 15) is 24.3 Å². The van der Waals surface area contributed by atoms with Crippen LogP contribution in [0.2, 0.25) is 0 Å². The first-order chi connectivity index (χ1) is 27.8. The zero-order chi connectivity index (χ0) is 42.4. The molecule has 1 fully saturated rings. The number of likely N-dealkylation sites (tertiary alicyclic amines) is 1. The van der Waals surface area contributed by atoms with Gasteiger partial charge in [-0.3, -0.25) is 24.1 Å². The standard InChI is InChI=1S/C44H70N6O7S/c1-8-19-50(43(53)39(29(6)10-3)48-41(52)36-15-11-13-20-49(36)7)37(28(4)5)26-38(57-21-9-2)42-47-35(27-58-42)40(51)46-31-23-30-16-17-32(56-22-14-12-18-45)25-33(30)34(24-31)44(54)55/h16-17,25,27-29,31,34,36-39H,8-15,18-24,26,45H2,1-7H3,(H,46,51)(H,48,52)(H,54,55)/t29-,31-,34+,36+,37+,38+,39-/m0/s1. The minimum atomic E-state index is -0.947. The summed E-state index contributed by atoms with van der Waals surface area (Å²) >= 11 is 1.35. The predicted octanol–water partition coefficient (Wildman–Crippen LogP) is 6.31. The molecule has 1 aliphatic carbocycles. The van der Waals surface area contributed by atoms with Crippen molar-refractivity contribution in [1.29, 1.82) is 0 Å². The number of piperidine rings is 1. The summed E-state index contributed by atoms with van der Waals surface area (Å²) in [7, 11) is 1.98. The van der Waals surface area contributed by atoms with E-state index >= 15 is 0 Å². The van der Waals surface area contributed by atoms with E-state index < -0.39 is 30.1 Å². The van der Waals surface area contributed by atoms with Crippen molar-refractivity contribution in [1.82, 2.24) is 25.4 Å². The number of hydrogen-bond acceptors (Lipinski definition) is 10. The maximum Gasteiger partial charge on any atom is 0.311 e. The van der Waals surface area contributed by atoms with Crippen molar-refractivity contribution in [2.45, 2.75) is 148 Å². The molecule has 1 aliphatic heterocycles. The molecule has 1 saturated heterocycles. The molecule has 0 spiro atoms. The fourth-order valence-electron chi connectivity index (χ4n) is 8.19. The summed E-state index contributed by atoms with van der Waals surface area (Å²) in [5, 5.41) is 18.8. The Bertz CT molecular complexity index is 1640. The van der Waals surface area contributed by atoms with Gasteiger partial charge in [0.05, 0.1) is 18.6 Å². The highest BCUT2D eigenvalue weighted by molar-refractivity contribution is 7.09. The van der Waals surface area contributed by atoms with Gasteiger partial charge in [0.1, 0.15) is 28.6 Å². The van der Waals surface area contributed by atoms with Crippen LogP contribution in [0.4, 0.5) is 0 Å². The molecule has 13 nitrogen and oxygen atoms in total. The van der Waals surface area contributed by atoms with Gasteiger partial charge in [-0.15, -0.1) is 11.3 Å². The molecule has 1 aromatic heterocycles. The van der Waals surface area contributed by atoms with E-state index in [4.69, 9.17) is 20.2 Å². The number of likely N-dealkylation sites (N-methyl/N-ethyl adjacent to an activating group) is 1. The van der Waals surface area contributed by atoms with Crippen molar-refractivity contribution in [3.63, 3.8) is 0 Å². The first-order valence-corrected chi connectivity index (χ1v) is 22.6. The average molecular weight is 827 g/mol. The summed E-state index contributed by atoms with van der Waals surface area (Å²) in [6.45, 7) is 15.4. The largest absolute Gasteiger partial charge is 0.494 e. The Morgan fingerprint density at radius 3 is 2.52 bits per heavy atom. The summed E-state index contributed by atoms with van der Waals surface area (Å²) in [6.07, 6.45) is 7.54. The maximum absolute atomic E-state index is 14.7. The normalized spacial score (nSPS) is 20.4. The number of rotatable bonds is 23. The van der Waals surface area contributed by atoms with Gasteiger partial charge in [0, 0.05) is 37.0 Å². The van der Waals surface area contributed by atoms with E-state index in [-0.39, 0.29) is 53.8 Å². The number of nitrogens with zero attached hydrogens (tertiary/aromatic N) is 3. The van der Waals surface area contributed by atoms with Crippen LogP contribution >= 0.6 is 11.3 Å². The lowest BCUT2D eigenvalue weighted by Crippen LogP contribution is -2.58. The molecule has 0 saturated carbocycles. The van der Waals surface area contributed by atoms with Gasteiger partial charge in [-0.1, -0.05) is 60.5 Å². The van der Waals surface area contributed by atoms with Crippen LogP contribution < -0.4 is 21.1 Å². The van der Waals surface area contributed by atoms with Gasteiger partial charge in [0.2, 0.25) is 11.8 Å². The molecule has 58 heavy (non-hydrogen) atoms. The molecule has 2 heterocycles. The summed E-state index contributed by atoms with van der Waals surface area (Å²) < 4.78 is 12.3. The van der Waals surface area contributed by atoms with Gasteiger partial charge < -0.3 is 35.8 Å². The number of carbonyl (C=O) groups excluding carboxylic acids is 3. The van der Waals surface area contributed by atoms with Crippen LogP contribution in [0.1, 0.15) is 144 Å². The second-order valence-corrected chi connectivity index (χ2v) is 17.5. The predicted molar refractivity (Wildman–Crippen MR) is 228 cm³/mol. The van der Waals surface area contributed by atoms with Crippen molar-refractivity contribution in [2.24, 2.45) is 17.6 Å². The van der Waals surface area contributed by atoms with Crippen molar-refractivity contribution in [2.75, 3.05) is 39.9 Å². The number of amides is 3. The highest BCUT2D eigenvalue weighted by atomic mass is 32.1. The number of nitrogens with two attached hydrogens (primary N) is 1. The molecule has 0 radical (unpaired) electrons. The van der Waals surface area contributed by atoms with Crippen LogP contribution in [0, 0.1) is 11.8 Å². The number of carboxylic acid groups (broad SMARTS) is 1. The van der Waals surface area contributed by atoms with Gasteiger partial charge >= 0.3 is 5.97 Å². The zero-order valence-corrected chi connectivity index (χ0v) is 36.8. The van der Waals surface area contributed by atoms with E-state index in [1.54, 1.807) is 5.38 Å². The SMILES string of the molecule is CCCO[C@H](C[C@H](C(C)C)N(CCC)C(=O)[C@@H](NC(=O)[C@H]1CCCCN1C)[C@@H](C)CC)c1nc(C(=O)N[C@H]2Cc3ccc(OCCCCN)cc3[C@H](C(=O)O)C2)cs1. The minimum absolute atomic E-state index is 0.0591. The lowest BCUT2D eigenvalue weighted by molar-refractivity contribution is -0.143. The van der Waals surface area contributed by atoms with Crippen molar-refractivity contribution >= 4 is 35.0 Å². The fourth-order valence-corrected chi connectivity index (χ4v) is 9.05. The Morgan fingerprint density at radius 1 is 1.09 bits per heavy atom. The fraction of sp³-hybridized carbons (Fsp3) is 0.705. The Morgan fingerprint density at radius 2 is 1.86 bits per heavy atom. The Kier molecular flexibility index (Phi) is 18.9. The molecule has 0 unspecified atom stereocenters. The van der Waals surface area contributed by atoms with Gasteiger partial charge in [-0.25, -0.2) is 4.98 Å². The number of unbranched alkanes of at least 4 members (excludes halogenated alkanes) is 1. The molecule has 7 atom stereocenters. The first kappa shape index (κ1) is 47.1. The highest BCUT2D eigenvalue weighted by Gasteiger charge is 2.39. The number of thiazole rings is 1. The smallest absolute Gasteiger partial charge is 0.311 e. The summed E-state index contributed by atoms with van der Waals surface area (Å²) in [5.41, 5.74) is 7.42. The van der Waals surface area contributed by atoms with Crippen LogP contribution in [-0.2, 0) is 25.5 Å². The lowest BCUT2D eigenvalue weighted by Gasteiger charge is -2.40. The molecule has 3 amide bonds. The molecule has 2 aromatic rings. The van der Waals surface area contributed by atoms with Crippen molar-refractivity contribution in [3.8, 4) is 5.75 Å². The summed E-state index contributed by atoms with van der Waals surface area (Å²) in [5.74, 6) is -1.62. The number of aromatic nitrogens is 1. The maximum atomic E-state index is 14.7. The number of benzene rings is 1. The second kappa shape index (κ2) is 23.3. The van der Waals surface area contributed by atoms with Crippen molar-refractivity contribution < 1.29 is 33.8 Å². The molecule has 2 aliphatic rings. The van der Waals surface area contributed by atoms with Gasteiger partial charge in [-0.2, -0.15) is 0 Å². The number of hydrogen-bond donors (Lipinski definition) is 4. The Hall–Kier alpha value is -3.59. The number of aliphatic carboxylic acids is 1. The molecule has 14 heteroatoms. The lowest BCUT2D eigenvalue weighted by atomic mass is 9.80. The summed E-state index contributed by atoms with van der Waals surface area (Å²) in [6, 6.07) is 4.05. The third kappa shape index (κ3) is 12.7. The van der Waals surface area contributed by atoms with Crippen LogP contribution in [0.15, 0.2) is 23.6 Å². The third-order valence-electron chi connectivity index (χ3n) is 11.8. The van der Waals surface area contributed by atoms with Gasteiger partial charge in [0.15, 0.2) is 0 Å². The molecule has 1 aromatic carbocycles. The molecule has 5 N–H and O–H groups in total. The van der Waals surface area contributed by atoms with E-state index in [1.807, 2.05) is 44.0 Å². The topological polar surface area (TPSA) is 176 Å². The number of nitrogens with one attached hydrogen (secondary N) is 2. The van der Waals surface area contributed by atoms with Crippen LogP contribution in [0.25, 0.3) is 0 Å². The Balaban J connectivity index is 1.51. The molecule has 324 valence electrons. The second-order valence-electron chi connectivity index (χ2n) is 16.6. The molecule has 0 bridgehead atoms. The van der Waals surface area contributed by atoms with E-state index in [2.05, 4.69) is 43.2 Å². The Labute approximate surface area is 350 Å². The molecule has 4 rings (SSSR count). The van der Waals surface area contributed by atoms with E-state index in [0.29, 0.717) is 55.5 Å². The monoisotopic (exact) mass is 827 g/mol. The van der Waals surface area contributed by atoms with Crippen LogP contribution in [0.3, 0.4) is 0 Å². The van der Waals surface area contributed by atoms with E-state index in [0.717, 1.165) is 63.5 Å². The minimum Gasteiger partial charge on any atom is -0.494 e. The van der Waals surface area contributed by atoms with Crippen LogP contribution in [0.5, 0.6) is 5.75 Å². The number of fused-ring (bicyclic) bond motifs is 1. The van der Waals surface area contributed by atoms with Crippen molar-refractivity contribution in [3.05, 3.63) is 45.4 Å². The van der Waals surface area contributed by atoms with Gasteiger partial charge in [-0.05, 0) is 107 Å². The van der Waals surface area contributed by atoms with E-state index in [1.165, 1.54) is 11.3 Å². The number of carbonyl (C=O) groups is 4. The third-order valence-corrected chi connectivity index (χ3v) is 12.7. The van der Waals surface area contributed by atoms with Gasteiger partial charge in [0.25, 0.3) is 5.91 Å². The zero-order valence-electron chi connectivity index (χ0n) is 36.0. The molecular formula is C44H70N6O7S. The number of carboxylic acids is 1. The number of ether oxygens (including phenoxy) is 2. The quantitative estimate of drug-likeness (QED) is 0.0930. The highest BCUT2D eigenvalue weighted by Crippen LogP contribution is 2.36. The molecular weight excluding hydrogens is 757 g/mol. The average Bonchev–Trinajstić information content (AvgIpc) is 3.71. The summed E-state index contributed by atoms with van der Waals surface area (Å²) in [4.78, 5) is 63.3. The van der Waals surface area contributed by atoms with Crippen LogP contribution in [-0.4, -0.2) is 108 Å².